The molecule has 11 heteroatoms. The molecule has 9 rings (SSSR count). The van der Waals surface area contributed by atoms with Crippen LogP contribution >= 0.6 is 0 Å². The zero-order valence-electron chi connectivity index (χ0n) is 26.4. The highest BCUT2D eigenvalue weighted by Gasteiger charge is 2.43. The van der Waals surface area contributed by atoms with Gasteiger partial charge in [-0.05, 0) is 68.7 Å². The van der Waals surface area contributed by atoms with Crippen LogP contribution in [-0.2, 0) is 0 Å². The van der Waals surface area contributed by atoms with Crippen LogP contribution in [0.5, 0.6) is 6.01 Å². The van der Waals surface area contributed by atoms with E-state index in [9.17, 15) is 8.78 Å². The van der Waals surface area contributed by atoms with E-state index in [-0.39, 0.29) is 17.2 Å². The van der Waals surface area contributed by atoms with Crippen molar-refractivity contribution < 1.29 is 17.9 Å². The minimum Gasteiger partial charge on any atom is -0.467 e. The molecule has 4 aromatic rings. The molecule has 0 radical (unpaired) electrons. The number of methoxy groups -OCH3 is 1. The fourth-order valence-corrected chi connectivity index (χ4v) is 8.22. The number of alkyl halides is 1. The summed E-state index contributed by atoms with van der Waals surface area (Å²) in [6, 6.07) is 10.7. The number of rotatable bonds is 5. The number of aromatic nitrogens is 3. The minimum absolute atomic E-state index is 0.0693. The number of benzene rings is 2. The maximum Gasteiger partial charge on any atom is 0.318 e. The molecule has 8 nitrogen and oxygen atoms in total. The lowest BCUT2D eigenvalue weighted by Gasteiger charge is -2.41. The largest absolute Gasteiger partial charge is 0.467 e. The highest BCUT2D eigenvalue weighted by atomic mass is 19.1. The van der Waals surface area contributed by atoms with Gasteiger partial charge in [-0.2, -0.15) is 9.97 Å². The molecule has 5 aliphatic heterocycles. The summed E-state index contributed by atoms with van der Waals surface area (Å²) in [5.41, 5.74) is 1.51. The molecule has 5 aliphatic rings. The van der Waals surface area contributed by atoms with Gasteiger partial charge in [0.15, 0.2) is 5.82 Å². The van der Waals surface area contributed by atoms with E-state index in [4.69, 9.17) is 4.74 Å². The summed E-state index contributed by atoms with van der Waals surface area (Å²) in [6.45, 7) is 7.57. The Kier molecular flexibility index (Phi) is 7.73. The Morgan fingerprint density at radius 1 is 1.02 bits per heavy atom. The third-order valence-electron chi connectivity index (χ3n) is 10.5. The van der Waals surface area contributed by atoms with Gasteiger partial charge in [-0.3, -0.25) is 14.8 Å². The number of hydrogen-bond acceptors (Lipinski definition) is 8. The normalized spacial score (nSPS) is 27.2. The number of fused-ring (bicyclic) bond motifs is 5. The van der Waals surface area contributed by atoms with Crippen LogP contribution in [0.2, 0.25) is 0 Å². The van der Waals surface area contributed by atoms with E-state index >= 15 is 4.39 Å². The molecule has 1 N–H and O–H groups in total. The summed E-state index contributed by atoms with van der Waals surface area (Å²) in [4.78, 5) is 20.7. The lowest BCUT2D eigenvalue weighted by Crippen LogP contribution is -2.55. The molecule has 5 saturated heterocycles. The van der Waals surface area contributed by atoms with E-state index in [2.05, 4.69) is 35.0 Å². The lowest BCUT2D eigenvalue weighted by atomic mass is 9.97. The van der Waals surface area contributed by atoms with Crippen molar-refractivity contribution in [3.63, 3.8) is 0 Å². The Morgan fingerprint density at radius 2 is 1.83 bits per heavy atom. The maximum atomic E-state index is 16.2. The lowest BCUT2D eigenvalue weighted by molar-refractivity contribution is 0.170. The van der Waals surface area contributed by atoms with Crippen LogP contribution in [0.4, 0.5) is 19.0 Å². The predicted octanol–water partition coefficient (Wildman–Crippen LogP) is 5.26. The Bertz CT molecular complexity index is 1760. The summed E-state index contributed by atoms with van der Waals surface area (Å²) < 4.78 is 49.1. The van der Waals surface area contributed by atoms with Crippen molar-refractivity contribution in [3.05, 3.63) is 53.7 Å². The summed E-state index contributed by atoms with van der Waals surface area (Å²) in [5, 5.41) is 4.99. The van der Waals surface area contributed by atoms with Crippen LogP contribution in [0.25, 0.3) is 32.9 Å². The molecule has 0 aliphatic carbocycles. The van der Waals surface area contributed by atoms with E-state index in [1.54, 1.807) is 18.3 Å². The number of halogens is 3. The van der Waals surface area contributed by atoms with Gasteiger partial charge < -0.3 is 15.0 Å². The third-order valence-corrected chi connectivity index (χ3v) is 10.5. The van der Waals surface area contributed by atoms with Crippen molar-refractivity contribution in [2.45, 2.75) is 69.4 Å². The topological polar surface area (TPSA) is 79.6 Å². The first-order valence-electron chi connectivity index (χ1n) is 16.6. The molecule has 0 saturated carbocycles. The van der Waals surface area contributed by atoms with E-state index in [1.165, 1.54) is 26.0 Å². The monoisotopic (exact) mass is 631 g/mol. The van der Waals surface area contributed by atoms with Gasteiger partial charge in [0.05, 0.1) is 12.5 Å². The average Bonchev–Trinajstić information content (AvgIpc) is 3.58. The molecule has 2 bridgehead atoms. The van der Waals surface area contributed by atoms with Crippen LogP contribution in [0.1, 0.15) is 37.7 Å². The molecular weight excluding hydrogens is 591 g/mol. The van der Waals surface area contributed by atoms with Gasteiger partial charge in [0.1, 0.15) is 29.0 Å². The Labute approximate surface area is 266 Å². The fraction of sp³-hybridized carbons (Fsp3) is 0.514. The quantitative estimate of drug-likeness (QED) is 0.299. The van der Waals surface area contributed by atoms with E-state index in [0.29, 0.717) is 58.3 Å². The third kappa shape index (κ3) is 5.46. The fourth-order valence-electron chi connectivity index (χ4n) is 8.22. The maximum absolute atomic E-state index is 16.2. The number of nitrogens with one attached hydrogen (secondary N) is 1. The highest BCUT2D eigenvalue weighted by Crippen LogP contribution is 2.39. The molecule has 0 amide bonds. The molecule has 46 heavy (non-hydrogen) atoms. The standard InChI is InChI=1S/C28H28F2N6O.C7H12FN/c1-15-8-16-4-3-5-22(29)23(16)20(9-15)25-24(30)26-21(11-32-25)27(34-28(33-26)37-2)35-13-18-6-7-19(14-35)36(18)12-17-10-31-17;8-6-4-7-2-1-3-9(7)5-6/h3-5,8-9,11,17-19,31H,6-7,10,12-14H2,1-2H3;6-7H,1-5H2. The van der Waals surface area contributed by atoms with Crippen LogP contribution in [0.15, 0.2) is 36.5 Å². The van der Waals surface area contributed by atoms with Gasteiger partial charge in [0.2, 0.25) is 0 Å². The number of ether oxygens (including phenoxy) is 1. The zero-order chi connectivity index (χ0) is 31.5. The number of anilines is 1. The number of aryl methyl sites for hydroxylation is 1. The molecule has 2 aromatic carbocycles. The van der Waals surface area contributed by atoms with Crippen LogP contribution < -0.4 is 15.0 Å². The van der Waals surface area contributed by atoms with Crippen molar-refractivity contribution in [2.24, 2.45) is 0 Å². The smallest absolute Gasteiger partial charge is 0.318 e. The molecule has 5 atom stereocenters. The van der Waals surface area contributed by atoms with Crippen molar-refractivity contribution in [1.82, 2.24) is 30.1 Å². The van der Waals surface area contributed by atoms with Gasteiger partial charge in [-0.25, -0.2) is 13.2 Å². The molecule has 242 valence electrons. The molecular formula is C35H40F3N7O. The number of piperazine rings is 1. The second-order valence-electron chi connectivity index (χ2n) is 13.6. The predicted molar refractivity (Wildman–Crippen MR) is 173 cm³/mol. The summed E-state index contributed by atoms with van der Waals surface area (Å²) in [5.74, 6) is -0.373. The number of pyridine rings is 1. The van der Waals surface area contributed by atoms with Crippen molar-refractivity contribution in [1.29, 1.82) is 0 Å². The molecule has 5 unspecified atom stereocenters. The zero-order valence-corrected chi connectivity index (χ0v) is 26.4. The average molecular weight is 632 g/mol. The summed E-state index contributed by atoms with van der Waals surface area (Å²) in [7, 11) is 1.48. The van der Waals surface area contributed by atoms with Crippen molar-refractivity contribution >= 4 is 27.5 Å². The van der Waals surface area contributed by atoms with Gasteiger partial charge in [0, 0.05) is 74.0 Å². The minimum atomic E-state index is -0.601. The van der Waals surface area contributed by atoms with E-state index in [1.807, 2.05) is 19.1 Å². The van der Waals surface area contributed by atoms with Gasteiger partial charge in [-0.1, -0.05) is 18.2 Å². The second kappa shape index (κ2) is 11.9. The molecule has 2 aromatic heterocycles. The Morgan fingerprint density at radius 3 is 2.57 bits per heavy atom. The Balaban J connectivity index is 0.000000297. The summed E-state index contributed by atoms with van der Waals surface area (Å²) >= 11 is 0. The molecule has 0 spiro atoms. The molecule has 5 fully saturated rings. The van der Waals surface area contributed by atoms with Crippen molar-refractivity contribution in [3.8, 4) is 17.3 Å². The summed E-state index contributed by atoms with van der Waals surface area (Å²) in [6.07, 6.45) is 6.74. The molecule has 7 heterocycles. The highest BCUT2D eigenvalue weighted by molar-refractivity contribution is 5.99. The Hall–Kier alpha value is -3.54. The van der Waals surface area contributed by atoms with E-state index < -0.39 is 17.8 Å². The first-order valence-corrected chi connectivity index (χ1v) is 16.6. The second-order valence-corrected chi connectivity index (χ2v) is 13.6. The number of hydrogen-bond donors (Lipinski definition) is 1. The van der Waals surface area contributed by atoms with E-state index in [0.717, 1.165) is 57.5 Å². The SMILES string of the molecule is COc1nc(N2CC3CCC(C2)N3CC2CN2)c2cnc(-c3cc(C)cc4cccc(F)c34)c(F)c2n1.FC1CC2CCCN2C1. The first-order chi connectivity index (χ1) is 22.4. The number of nitrogens with zero attached hydrogens (tertiary/aromatic N) is 6. The van der Waals surface area contributed by atoms with Crippen LogP contribution in [-0.4, -0.2) is 101 Å². The van der Waals surface area contributed by atoms with Gasteiger partial charge >= 0.3 is 6.01 Å². The first kappa shape index (κ1) is 29.8. The van der Waals surface area contributed by atoms with Crippen LogP contribution in [0, 0.1) is 18.6 Å². The van der Waals surface area contributed by atoms with Crippen LogP contribution in [0.3, 0.4) is 0 Å². The van der Waals surface area contributed by atoms with Crippen molar-refractivity contribution in [2.75, 3.05) is 51.3 Å². The van der Waals surface area contributed by atoms with Gasteiger partial charge in [-0.15, -0.1) is 0 Å². The van der Waals surface area contributed by atoms with Gasteiger partial charge in [0.25, 0.3) is 0 Å².